The highest BCUT2D eigenvalue weighted by molar-refractivity contribution is 5.78. The summed E-state index contributed by atoms with van der Waals surface area (Å²) in [5, 5.41) is 12.1. The average molecular weight is 285 g/mol. The first-order valence-electron chi connectivity index (χ1n) is 7.73. The predicted octanol–water partition coefficient (Wildman–Crippen LogP) is 3.49. The van der Waals surface area contributed by atoms with E-state index >= 15 is 0 Å². The maximum absolute atomic E-state index is 10.9. The van der Waals surface area contributed by atoms with Gasteiger partial charge < -0.3 is 9.84 Å². The SMILES string of the molecule is CCC1(C)CC(O)(Cc2ccc3ccccc3n2)CCO1. The first-order valence-corrected chi connectivity index (χ1v) is 7.73. The molecule has 0 aliphatic carbocycles. The first-order chi connectivity index (χ1) is 10.0. The highest BCUT2D eigenvalue weighted by Crippen LogP contribution is 2.36. The summed E-state index contributed by atoms with van der Waals surface area (Å²) in [7, 11) is 0. The summed E-state index contributed by atoms with van der Waals surface area (Å²) in [4.78, 5) is 4.69. The van der Waals surface area contributed by atoms with Crippen molar-refractivity contribution in [3.05, 3.63) is 42.1 Å². The molecule has 3 nitrogen and oxygen atoms in total. The van der Waals surface area contributed by atoms with Crippen molar-refractivity contribution in [1.82, 2.24) is 4.98 Å². The van der Waals surface area contributed by atoms with E-state index in [1.807, 2.05) is 24.3 Å². The second-order valence-electron chi connectivity index (χ2n) is 6.48. The minimum atomic E-state index is -0.710. The molecule has 1 aliphatic rings. The molecule has 0 spiro atoms. The van der Waals surface area contributed by atoms with Crippen molar-refractivity contribution in [3.8, 4) is 0 Å². The number of nitrogens with zero attached hydrogens (tertiary/aromatic N) is 1. The zero-order chi connectivity index (χ0) is 14.9. The fraction of sp³-hybridized carbons (Fsp3) is 0.500. The third-order valence-corrected chi connectivity index (χ3v) is 4.64. The average Bonchev–Trinajstić information content (AvgIpc) is 2.46. The fourth-order valence-corrected chi connectivity index (χ4v) is 3.24. The maximum atomic E-state index is 10.9. The summed E-state index contributed by atoms with van der Waals surface area (Å²) in [6, 6.07) is 12.2. The first kappa shape index (κ1) is 14.5. The highest BCUT2D eigenvalue weighted by atomic mass is 16.5. The van der Waals surface area contributed by atoms with Gasteiger partial charge in [-0.15, -0.1) is 0 Å². The van der Waals surface area contributed by atoms with Crippen LogP contribution in [0, 0.1) is 0 Å². The Labute approximate surface area is 126 Å². The number of aliphatic hydroxyl groups is 1. The summed E-state index contributed by atoms with van der Waals surface area (Å²) in [5.41, 5.74) is 1.02. The molecule has 1 N–H and O–H groups in total. The van der Waals surface area contributed by atoms with E-state index in [4.69, 9.17) is 4.74 Å². The summed E-state index contributed by atoms with van der Waals surface area (Å²) in [6.07, 6.45) is 2.86. The summed E-state index contributed by atoms with van der Waals surface area (Å²) in [6.45, 7) is 4.82. The zero-order valence-electron chi connectivity index (χ0n) is 12.8. The Kier molecular flexibility index (Phi) is 3.72. The normalized spacial score (nSPS) is 29.7. The van der Waals surface area contributed by atoms with Crippen molar-refractivity contribution in [2.24, 2.45) is 0 Å². The predicted molar refractivity (Wildman–Crippen MR) is 84.3 cm³/mol. The lowest BCUT2D eigenvalue weighted by atomic mass is 9.79. The van der Waals surface area contributed by atoms with Crippen molar-refractivity contribution in [3.63, 3.8) is 0 Å². The van der Waals surface area contributed by atoms with Crippen molar-refractivity contribution < 1.29 is 9.84 Å². The Morgan fingerprint density at radius 1 is 1.24 bits per heavy atom. The van der Waals surface area contributed by atoms with E-state index in [0.717, 1.165) is 23.0 Å². The molecule has 3 heteroatoms. The molecule has 21 heavy (non-hydrogen) atoms. The second-order valence-corrected chi connectivity index (χ2v) is 6.48. The smallest absolute Gasteiger partial charge is 0.0752 e. The molecule has 2 heterocycles. The number of pyridine rings is 1. The molecule has 2 atom stereocenters. The minimum Gasteiger partial charge on any atom is -0.389 e. The van der Waals surface area contributed by atoms with Crippen LogP contribution >= 0.6 is 0 Å². The van der Waals surface area contributed by atoms with Gasteiger partial charge in [-0.3, -0.25) is 4.98 Å². The van der Waals surface area contributed by atoms with Crippen molar-refractivity contribution >= 4 is 10.9 Å². The topological polar surface area (TPSA) is 42.4 Å². The molecule has 1 aromatic carbocycles. The zero-order valence-corrected chi connectivity index (χ0v) is 12.8. The molecular formula is C18H23NO2. The molecule has 1 saturated heterocycles. The van der Waals surface area contributed by atoms with E-state index in [9.17, 15) is 5.11 Å². The third-order valence-electron chi connectivity index (χ3n) is 4.64. The number of hydrogen-bond donors (Lipinski definition) is 1. The molecule has 0 radical (unpaired) electrons. The van der Waals surface area contributed by atoms with Crippen LogP contribution in [0.1, 0.15) is 38.8 Å². The molecule has 3 rings (SSSR count). The fourth-order valence-electron chi connectivity index (χ4n) is 3.24. The monoisotopic (exact) mass is 285 g/mol. The van der Waals surface area contributed by atoms with E-state index in [1.54, 1.807) is 0 Å². The number of benzene rings is 1. The molecular weight excluding hydrogens is 262 g/mol. The molecule has 1 fully saturated rings. The van der Waals surface area contributed by atoms with Gasteiger partial charge in [0.2, 0.25) is 0 Å². The number of hydrogen-bond acceptors (Lipinski definition) is 3. The molecule has 0 bridgehead atoms. The van der Waals surface area contributed by atoms with E-state index in [2.05, 4.69) is 31.0 Å². The summed E-state index contributed by atoms with van der Waals surface area (Å²) >= 11 is 0. The summed E-state index contributed by atoms with van der Waals surface area (Å²) in [5.74, 6) is 0. The number of rotatable bonds is 3. The van der Waals surface area contributed by atoms with Crippen molar-refractivity contribution in [2.75, 3.05) is 6.61 Å². The van der Waals surface area contributed by atoms with Crippen molar-refractivity contribution in [2.45, 2.75) is 50.7 Å². The molecule has 2 unspecified atom stereocenters. The quantitative estimate of drug-likeness (QED) is 0.938. The largest absolute Gasteiger partial charge is 0.389 e. The van der Waals surface area contributed by atoms with Gasteiger partial charge in [0.05, 0.1) is 23.3 Å². The lowest BCUT2D eigenvalue weighted by molar-refractivity contribution is -0.153. The van der Waals surface area contributed by atoms with Gasteiger partial charge in [-0.05, 0) is 31.9 Å². The van der Waals surface area contributed by atoms with E-state index in [-0.39, 0.29) is 5.60 Å². The van der Waals surface area contributed by atoms with Gasteiger partial charge in [0, 0.05) is 23.9 Å². The number of ether oxygens (including phenoxy) is 1. The molecule has 0 saturated carbocycles. The molecule has 0 amide bonds. The standard InChI is InChI=1S/C18H23NO2/c1-3-17(2)13-18(20,10-11-21-17)12-15-9-8-14-6-4-5-7-16(14)19-15/h4-9,20H,3,10-13H2,1-2H3. The van der Waals surface area contributed by atoms with E-state index in [0.29, 0.717) is 25.9 Å². The Hall–Kier alpha value is -1.45. The van der Waals surface area contributed by atoms with Gasteiger partial charge in [-0.25, -0.2) is 0 Å². The van der Waals surface area contributed by atoms with Crippen LogP contribution in [0.2, 0.25) is 0 Å². The van der Waals surface area contributed by atoms with Gasteiger partial charge in [0.1, 0.15) is 0 Å². The van der Waals surface area contributed by atoms with Gasteiger partial charge in [0.25, 0.3) is 0 Å². The van der Waals surface area contributed by atoms with Gasteiger partial charge in [-0.1, -0.05) is 31.2 Å². The van der Waals surface area contributed by atoms with Crippen LogP contribution in [0.25, 0.3) is 10.9 Å². The van der Waals surface area contributed by atoms with Crippen LogP contribution in [0.5, 0.6) is 0 Å². The minimum absolute atomic E-state index is 0.218. The van der Waals surface area contributed by atoms with E-state index in [1.165, 1.54) is 0 Å². The molecule has 1 aliphatic heterocycles. The third kappa shape index (κ3) is 3.09. The van der Waals surface area contributed by atoms with Crippen LogP contribution in [0.4, 0.5) is 0 Å². The molecule has 1 aromatic heterocycles. The van der Waals surface area contributed by atoms with E-state index < -0.39 is 5.60 Å². The lowest BCUT2D eigenvalue weighted by Gasteiger charge is -2.43. The summed E-state index contributed by atoms with van der Waals surface area (Å²) < 4.78 is 5.84. The molecule has 112 valence electrons. The number of aromatic nitrogens is 1. The second kappa shape index (κ2) is 5.39. The Balaban J connectivity index is 1.83. The Morgan fingerprint density at radius 2 is 2.05 bits per heavy atom. The lowest BCUT2D eigenvalue weighted by Crippen LogP contribution is -2.48. The Morgan fingerprint density at radius 3 is 2.86 bits per heavy atom. The van der Waals surface area contributed by atoms with Crippen molar-refractivity contribution in [1.29, 1.82) is 0 Å². The van der Waals surface area contributed by atoms with Crippen LogP contribution in [-0.2, 0) is 11.2 Å². The molecule has 2 aromatic rings. The van der Waals surface area contributed by atoms with Crippen LogP contribution < -0.4 is 0 Å². The Bertz CT molecular complexity index is 642. The van der Waals surface area contributed by atoms with Crippen LogP contribution in [-0.4, -0.2) is 27.9 Å². The maximum Gasteiger partial charge on any atom is 0.0752 e. The van der Waals surface area contributed by atoms with Gasteiger partial charge >= 0.3 is 0 Å². The van der Waals surface area contributed by atoms with Gasteiger partial charge in [0.15, 0.2) is 0 Å². The van der Waals surface area contributed by atoms with Crippen LogP contribution in [0.3, 0.4) is 0 Å². The number of fused-ring (bicyclic) bond motifs is 1. The van der Waals surface area contributed by atoms with Crippen LogP contribution in [0.15, 0.2) is 36.4 Å². The van der Waals surface area contributed by atoms with Gasteiger partial charge in [-0.2, -0.15) is 0 Å². The highest BCUT2D eigenvalue weighted by Gasteiger charge is 2.41. The number of para-hydroxylation sites is 1.